The molecule has 0 aliphatic heterocycles. The minimum atomic E-state index is -1.45. The van der Waals surface area contributed by atoms with Crippen molar-refractivity contribution in [2.75, 3.05) is 13.2 Å². The molecule has 7 heteroatoms. The van der Waals surface area contributed by atoms with Crippen molar-refractivity contribution in [2.45, 2.75) is 74.3 Å². The van der Waals surface area contributed by atoms with Gasteiger partial charge in [0.25, 0.3) is 0 Å². The number of hydrogen-bond acceptors (Lipinski definition) is 6. The lowest BCUT2D eigenvalue weighted by molar-refractivity contribution is -0.173. The average Bonchev–Trinajstić information content (AvgIpc) is 3.17. The van der Waals surface area contributed by atoms with Gasteiger partial charge in [0.05, 0.1) is 19.8 Å². The van der Waals surface area contributed by atoms with Crippen LogP contribution in [0.1, 0.15) is 75.7 Å². The number of esters is 2. The van der Waals surface area contributed by atoms with E-state index in [0.717, 1.165) is 45.8 Å². The molecule has 3 aromatic rings. The largest absolute Gasteiger partial charge is 0.465 e. The van der Waals surface area contributed by atoms with Crippen molar-refractivity contribution in [3.63, 3.8) is 0 Å². The molecule has 0 aliphatic carbocycles. The number of aromatic nitrogens is 3. The number of pyridine rings is 1. The van der Waals surface area contributed by atoms with Crippen molar-refractivity contribution in [2.24, 2.45) is 11.3 Å². The number of imidazole rings is 1. The molecule has 7 nitrogen and oxygen atoms in total. The highest BCUT2D eigenvalue weighted by molar-refractivity contribution is 6.01. The summed E-state index contributed by atoms with van der Waals surface area (Å²) in [5, 5.41) is 0. The van der Waals surface area contributed by atoms with Crippen LogP contribution < -0.4 is 0 Å². The fourth-order valence-corrected chi connectivity index (χ4v) is 5.18. The molecule has 0 amide bonds. The molecule has 2 aromatic heterocycles. The lowest BCUT2D eigenvalue weighted by Gasteiger charge is -2.36. The number of nitrogens with zero attached hydrogens (tertiary/aromatic N) is 3. The van der Waals surface area contributed by atoms with E-state index < -0.39 is 23.3 Å². The van der Waals surface area contributed by atoms with Gasteiger partial charge in [0, 0.05) is 18.0 Å². The first-order valence-corrected chi connectivity index (χ1v) is 12.8. The van der Waals surface area contributed by atoms with Crippen LogP contribution in [0.4, 0.5) is 0 Å². The summed E-state index contributed by atoms with van der Waals surface area (Å²) in [7, 11) is 0. The Morgan fingerprint density at radius 1 is 0.972 bits per heavy atom. The molecule has 194 valence electrons. The van der Waals surface area contributed by atoms with Gasteiger partial charge in [0.15, 0.2) is 11.1 Å². The zero-order valence-corrected chi connectivity index (χ0v) is 22.8. The van der Waals surface area contributed by atoms with Crippen molar-refractivity contribution < 1.29 is 19.1 Å². The van der Waals surface area contributed by atoms with Gasteiger partial charge in [0.2, 0.25) is 0 Å². The Kier molecular flexibility index (Phi) is 8.54. The summed E-state index contributed by atoms with van der Waals surface area (Å²) in [6.45, 7) is 16.3. The molecular formula is C29H39N3O4. The van der Waals surface area contributed by atoms with Crippen LogP contribution in [0.2, 0.25) is 0 Å². The maximum absolute atomic E-state index is 13.1. The zero-order valence-electron chi connectivity index (χ0n) is 22.8. The van der Waals surface area contributed by atoms with E-state index in [1.165, 1.54) is 0 Å². The average molecular weight is 494 g/mol. The van der Waals surface area contributed by atoms with E-state index >= 15 is 0 Å². The molecule has 0 radical (unpaired) electrons. The van der Waals surface area contributed by atoms with Crippen molar-refractivity contribution in [3.05, 3.63) is 58.5 Å². The van der Waals surface area contributed by atoms with Crippen molar-refractivity contribution >= 4 is 23.1 Å². The number of ether oxygens (including phenoxy) is 2. The van der Waals surface area contributed by atoms with Crippen molar-refractivity contribution in [3.8, 4) is 0 Å². The summed E-state index contributed by atoms with van der Waals surface area (Å²) in [5.41, 5.74) is 4.46. The molecule has 0 saturated carbocycles. The Hall–Kier alpha value is -3.22. The van der Waals surface area contributed by atoms with Gasteiger partial charge in [0.1, 0.15) is 11.3 Å². The minimum Gasteiger partial charge on any atom is -0.465 e. The van der Waals surface area contributed by atoms with Crippen LogP contribution in [0.25, 0.3) is 11.2 Å². The van der Waals surface area contributed by atoms with Crippen LogP contribution in [0.15, 0.2) is 30.3 Å². The van der Waals surface area contributed by atoms with Crippen molar-refractivity contribution in [1.29, 1.82) is 0 Å². The molecule has 0 bridgehead atoms. The Labute approximate surface area is 214 Å². The molecule has 0 spiro atoms. The number of carbonyl (C=O) groups is 2. The van der Waals surface area contributed by atoms with Gasteiger partial charge < -0.3 is 14.0 Å². The Morgan fingerprint density at radius 3 is 2.06 bits per heavy atom. The minimum absolute atomic E-state index is 0.00546. The molecule has 3 rings (SSSR count). The first-order valence-electron chi connectivity index (χ1n) is 12.8. The highest BCUT2D eigenvalue weighted by atomic mass is 16.6. The normalized spacial score (nSPS) is 12.7. The highest BCUT2D eigenvalue weighted by Crippen LogP contribution is 2.43. The number of rotatable bonds is 10. The van der Waals surface area contributed by atoms with E-state index in [-0.39, 0.29) is 19.1 Å². The third kappa shape index (κ3) is 5.15. The lowest BCUT2D eigenvalue weighted by Crippen LogP contribution is -2.46. The molecule has 1 aromatic carbocycles. The molecular weight excluding hydrogens is 454 g/mol. The Bertz CT molecular complexity index is 1210. The Morgan fingerprint density at radius 2 is 1.56 bits per heavy atom. The molecule has 0 fully saturated rings. The van der Waals surface area contributed by atoms with E-state index in [4.69, 9.17) is 19.4 Å². The van der Waals surface area contributed by atoms with Gasteiger partial charge in [-0.1, -0.05) is 45.0 Å². The van der Waals surface area contributed by atoms with E-state index in [1.54, 1.807) is 20.8 Å². The van der Waals surface area contributed by atoms with Crippen molar-refractivity contribution in [1.82, 2.24) is 14.5 Å². The number of benzene rings is 1. The van der Waals surface area contributed by atoms with Gasteiger partial charge in [-0.05, 0) is 63.3 Å². The first-order chi connectivity index (χ1) is 17.1. The number of aryl methyl sites for hydroxylation is 3. The van der Waals surface area contributed by atoms with Gasteiger partial charge >= 0.3 is 11.9 Å². The van der Waals surface area contributed by atoms with Crippen LogP contribution in [0.3, 0.4) is 0 Å². The molecule has 0 N–H and O–H groups in total. The summed E-state index contributed by atoms with van der Waals surface area (Å²) in [6, 6.07) is 10.2. The van der Waals surface area contributed by atoms with Gasteiger partial charge in [-0.3, -0.25) is 9.59 Å². The van der Waals surface area contributed by atoms with E-state index in [0.29, 0.717) is 6.54 Å². The quantitative estimate of drug-likeness (QED) is 0.273. The Balaban J connectivity index is 2.01. The summed E-state index contributed by atoms with van der Waals surface area (Å²) in [6.07, 6.45) is 0.805. The predicted molar refractivity (Wildman–Crippen MR) is 141 cm³/mol. The van der Waals surface area contributed by atoms with Crippen LogP contribution in [0, 0.1) is 25.2 Å². The van der Waals surface area contributed by atoms with Gasteiger partial charge in [-0.25, -0.2) is 9.97 Å². The fraction of sp³-hybridized carbons (Fsp3) is 0.517. The second-order valence-corrected chi connectivity index (χ2v) is 9.83. The maximum atomic E-state index is 13.1. The fourth-order valence-electron chi connectivity index (χ4n) is 5.18. The third-order valence-electron chi connectivity index (χ3n) is 6.78. The number of hydrogen-bond donors (Lipinski definition) is 0. The first kappa shape index (κ1) is 27.4. The molecule has 0 saturated heterocycles. The summed E-state index contributed by atoms with van der Waals surface area (Å²) in [5.74, 6) is -0.528. The van der Waals surface area contributed by atoms with Gasteiger partial charge in [-0.2, -0.15) is 0 Å². The molecule has 1 unspecified atom stereocenters. The van der Waals surface area contributed by atoms with Gasteiger partial charge in [-0.15, -0.1) is 0 Å². The van der Waals surface area contributed by atoms with Crippen LogP contribution in [-0.2, 0) is 32.0 Å². The standard InChI is InChI=1S/C29H39N3O4/c1-9-23-31-25-19(6)16-20(7)30-26(25)32(23)17-21-12-14-22(15-13-21)24(18(4)5)29(8,27(33)35-10-2)28(34)36-11-3/h12-16,18,24H,9-11,17H2,1-8H3. The second-order valence-electron chi connectivity index (χ2n) is 9.83. The SMILES string of the molecule is CCOC(=O)C(C)(C(=O)OCC)C(c1ccc(Cn2c(CC)nc3c(C)cc(C)nc32)cc1)C(C)C. The monoisotopic (exact) mass is 493 g/mol. The van der Waals surface area contributed by atoms with Crippen LogP contribution in [0.5, 0.6) is 0 Å². The highest BCUT2D eigenvalue weighted by Gasteiger charge is 2.52. The number of fused-ring (bicyclic) bond motifs is 1. The summed E-state index contributed by atoms with van der Waals surface area (Å²) in [4.78, 5) is 35.8. The number of carbonyl (C=O) groups excluding carboxylic acids is 2. The van der Waals surface area contributed by atoms with Crippen LogP contribution >= 0.6 is 0 Å². The smallest absolute Gasteiger partial charge is 0.323 e. The van der Waals surface area contributed by atoms with E-state index in [9.17, 15) is 9.59 Å². The summed E-state index contributed by atoms with van der Waals surface area (Å²) < 4.78 is 12.9. The van der Waals surface area contributed by atoms with E-state index in [1.807, 2.05) is 32.9 Å². The molecule has 0 aliphatic rings. The molecule has 2 heterocycles. The van der Waals surface area contributed by atoms with E-state index in [2.05, 4.69) is 36.6 Å². The lowest BCUT2D eigenvalue weighted by atomic mass is 9.68. The third-order valence-corrected chi connectivity index (χ3v) is 6.78. The van der Waals surface area contributed by atoms with Crippen LogP contribution in [-0.4, -0.2) is 39.7 Å². The zero-order chi connectivity index (χ0) is 26.6. The maximum Gasteiger partial charge on any atom is 0.323 e. The topological polar surface area (TPSA) is 83.3 Å². The second kappa shape index (κ2) is 11.2. The predicted octanol–water partition coefficient (Wildman–Crippen LogP) is 5.53. The summed E-state index contributed by atoms with van der Waals surface area (Å²) >= 11 is 0. The molecule has 1 atom stereocenters. The molecule has 36 heavy (non-hydrogen) atoms.